The molecule has 2 aliphatic heterocycles. The maximum atomic E-state index is 13.3. The molecule has 1 atom stereocenters. The van der Waals surface area contributed by atoms with Crippen LogP contribution in [0.2, 0.25) is 0 Å². The van der Waals surface area contributed by atoms with Crippen molar-refractivity contribution in [3.63, 3.8) is 0 Å². The Hall–Kier alpha value is -1.48. The number of methoxy groups -OCH3 is 1. The zero-order chi connectivity index (χ0) is 22.4. The van der Waals surface area contributed by atoms with Gasteiger partial charge in [0.05, 0.1) is 11.5 Å². The van der Waals surface area contributed by atoms with E-state index in [-0.39, 0.29) is 17.3 Å². The number of piperidine rings is 2. The maximum absolute atomic E-state index is 13.3. The van der Waals surface area contributed by atoms with Crippen LogP contribution in [0.1, 0.15) is 48.5 Å². The van der Waals surface area contributed by atoms with Gasteiger partial charge in [-0.05, 0) is 75.2 Å². The smallest absolute Gasteiger partial charge is 0.254 e. The van der Waals surface area contributed by atoms with Crippen LogP contribution in [-0.2, 0) is 14.8 Å². The van der Waals surface area contributed by atoms with E-state index >= 15 is 0 Å². The second-order valence-corrected chi connectivity index (χ2v) is 10.9. The lowest BCUT2D eigenvalue weighted by Crippen LogP contribution is -2.45. The number of hydrogen-bond donors (Lipinski definition) is 1. The molecule has 2 fully saturated rings. The van der Waals surface area contributed by atoms with Gasteiger partial charge in [0.1, 0.15) is 0 Å². The number of benzene rings is 1. The van der Waals surface area contributed by atoms with Crippen molar-refractivity contribution in [2.75, 3.05) is 53.0 Å². The second kappa shape index (κ2) is 10.9. The number of aryl methyl sites for hydroxylation is 1. The fourth-order valence-corrected chi connectivity index (χ4v) is 5.58. The number of hydrogen-bond acceptors (Lipinski definition) is 5. The van der Waals surface area contributed by atoms with Crippen molar-refractivity contribution in [3.05, 3.63) is 29.3 Å². The van der Waals surface area contributed by atoms with E-state index in [0.29, 0.717) is 18.1 Å². The predicted octanol–water partition coefficient (Wildman–Crippen LogP) is 2.50. The monoisotopic (exact) mass is 451 g/mol. The third-order valence-electron chi connectivity index (χ3n) is 6.55. The zero-order valence-electron chi connectivity index (χ0n) is 19.1. The van der Waals surface area contributed by atoms with Gasteiger partial charge in [-0.15, -0.1) is 0 Å². The first-order valence-electron chi connectivity index (χ1n) is 11.4. The van der Waals surface area contributed by atoms with E-state index in [2.05, 4.69) is 16.5 Å². The molecule has 1 aromatic rings. The fraction of sp³-hybridized carbons (Fsp3) is 0.696. The van der Waals surface area contributed by atoms with Crippen molar-refractivity contribution < 1.29 is 17.9 Å². The first kappa shape index (κ1) is 24.2. The Morgan fingerprint density at radius 1 is 1.19 bits per heavy atom. The van der Waals surface area contributed by atoms with Gasteiger partial charge in [0, 0.05) is 38.9 Å². The van der Waals surface area contributed by atoms with Crippen LogP contribution in [-0.4, -0.2) is 77.1 Å². The Morgan fingerprint density at radius 2 is 1.94 bits per heavy atom. The number of rotatable bonds is 8. The number of likely N-dealkylation sites (tertiary alicyclic amines) is 2. The number of ether oxygens (including phenoxy) is 1. The number of carbonyl (C=O) groups excluding carboxylic acids is 1. The first-order chi connectivity index (χ1) is 14.8. The van der Waals surface area contributed by atoms with Gasteiger partial charge in [0.25, 0.3) is 5.91 Å². The number of amides is 1. The van der Waals surface area contributed by atoms with E-state index in [1.165, 1.54) is 26.0 Å². The van der Waals surface area contributed by atoms with Crippen LogP contribution >= 0.6 is 0 Å². The standard InChI is InChI=1S/C23H37N3O4S/c1-18-8-12-25(13-9-18)16-20-5-4-11-26(17-20)23(27)22-15-21(7-6-19(22)2)31(28,29)24-10-14-30-3/h6-7,15,18,20,24H,4-5,8-14,16-17H2,1-3H3. The average Bonchev–Trinajstić information content (AvgIpc) is 2.75. The van der Waals surface area contributed by atoms with Crippen LogP contribution in [0.5, 0.6) is 0 Å². The molecule has 0 aliphatic carbocycles. The second-order valence-electron chi connectivity index (χ2n) is 9.11. The molecule has 1 unspecified atom stereocenters. The summed E-state index contributed by atoms with van der Waals surface area (Å²) < 4.78 is 32.6. The Balaban J connectivity index is 1.67. The van der Waals surface area contributed by atoms with Crippen molar-refractivity contribution in [1.29, 1.82) is 0 Å². The third kappa shape index (κ3) is 6.51. The highest BCUT2D eigenvalue weighted by molar-refractivity contribution is 7.89. The van der Waals surface area contributed by atoms with E-state index in [4.69, 9.17) is 4.74 Å². The third-order valence-corrected chi connectivity index (χ3v) is 8.01. The first-order valence-corrected chi connectivity index (χ1v) is 12.9. The Morgan fingerprint density at radius 3 is 2.65 bits per heavy atom. The molecule has 31 heavy (non-hydrogen) atoms. The molecule has 8 heteroatoms. The van der Waals surface area contributed by atoms with Gasteiger partial charge in [-0.3, -0.25) is 4.79 Å². The summed E-state index contributed by atoms with van der Waals surface area (Å²) in [4.78, 5) is 17.9. The lowest BCUT2D eigenvalue weighted by Gasteiger charge is -2.38. The van der Waals surface area contributed by atoms with E-state index in [1.54, 1.807) is 12.1 Å². The molecule has 7 nitrogen and oxygen atoms in total. The molecular formula is C23H37N3O4S. The van der Waals surface area contributed by atoms with Crippen LogP contribution in [0.15, 0.2) is 23.1 Å². The molecule has 0 aromatic heterocycles. The topological polar surface area (TPSA) is 78.9 Å². The van der Waals surface area contributed by atoms with Gasteiger partial charge in [0.2, 0.25) is 10.0 Å². The number of nitrogens with one attached hydrogen (secondary N) is 1. The molecule has 3 rings (SSSR count). The molecule has 0 bridgehead atoms. The van der Waals surface area contributed by atoms with Crippen molar-refractivity contribution in [1.82, 2.24) is 14.5 Å². The zero-order valence-corrected chi connectivity index (χ0v) is 19.9. The van der Waals surface area contributed by atoms with E-state index in [0.717, 1.165) is 57.0 Å². The van der Waals surface area contributed by atoms with Gasteiger partial charge < -0.3 is 14.5 Å². The molecule has 1 amide bonds. The maximum Gasteiger partial charge on any atom is 0.254 e. The van der Waals surface area contributed by atoms with Crippen molar-refractivity contribution in [2.45, 2.75) is 44.4 Å². The molecule has 1 N–H and O–H groups in total. The summed E-state index contributed by atoms with van der Waals surface area (Å²) in [6.45, 7) is 9.50. The number of nitrogens with zero attached hydrogens (tertiary/aromatic N) is 2. The summed E-state index contributed by atoms with van der Waals surface area (Å²) in [7, 11) is -2.16. The van der Waals surface area contributed by atoms with E-state index < -0.39 is 10.0 Å². The normalized spacial score (nSPS) is 21.4. The van der Waals surface area contributed by atoms with Crippen LogP contribution < -0.4 is 4.72 Å². The number of sulfonamides is 1. The van der Waals surface area contributed by atoms with Gasteiger partial charge in [0.15, 0.2) is 0 Å². The summed E-state index contributed by atoms with van der Waals surface area (Å²) >= 11 is 0. The van der Waals surface area contributed by atoms with Crippen molar-refractivity contribution >= 4 is 15.9 Å². The van der Waals surface area contributed by atoms with E-state index in [9.17, 15) is 13.2 Å². The van der Waals surface area contributed by atoms with Crippen molar-refractivity contribution in [3.8, 4) is 0 Å². The van der Waals surface area contributed by atoms with Gasteiger partial charge >= 0.3 is 0 Å². The van der Waals surface area contributed by atoms with Crippen molar-refractivity contribution in [2.24, 2.45) is 11.8 Å². The van der Waals surface area contributed by atoms with Gasteiger partial charge in [-0.25, -0.2) is 13.1 Å². The Labute approximate surface area is 187 Å². The van der Waals surface area contributed by atoms with Crippen LogP contribution in [0.3, 0.4) is 0 Å². The highest BCUT2D eigenvalue weighted by Gasteiger charge is 2.28. The summed E-state index contributed by atoms with van der Waals surface area (Å²) in [6.07, 6.45) is 4.66. The largest absolute Gasteiger partial charge is 0.383 e. The van der Waals surface area contributed by atoms with Crippen LogP contribution in [0.25, 0.3) is 0 Å². The number of carbonyl (C=O) groups is 1. The lowest BCUT2D eigenvalue weighted by molar-refractivity contribution is 0.0621. The quantitative estimate of drug-likeness (QED) is 0.615. The van der Waals surface area contributed by atoms with Crippen LogP contribution in [0.4, 0.5) is 0 Å². The minimum absolute atomic E-state index is 0.0663. The molecular weight excluding hydrogens is 414 g/mol. The molecule has 0 spiro atoms. The Bertz CT molecular complexity index is 850. The van der Waals surface area contributed by atoms with Gasteiger partial charge in [-0.1, -0.05) is 13.0 Å². The molecule has 174 valence electrons. The molecule has 2 aliphatic rings. The summed E-state index contributed by atoms with van der Waals surface area (Å²) in [6, 6.07) is 4.79. The SMILES string of the molecule is COCCNS(=O)(=O)c1ccc(C)c(C(=O)N2CCCC(CN3CCC(C)CC3)C2)c1. The molecule has 2 heterocycles. The lowest BCUT2D eigenvalue weighted by atomic mass is 9.94. The molecule has 2 saturated heterocycles. The molecule has 1 aromatic carbocycles. The van der Waals surface area contributed by atoms with Gasteiger partial charge in [-0.2, -0.15) is 0 Å². The van der Waals surface area contributed by atoms with E-state index in [1.807, 2.05) is 11.8 Å². The fourth-order valence-electron chi connectivity index (χ4n) is 4.54. The average molecular weight is 452 g/mol. The summed E-state index contributed by atoms with van der Waals surface area (Å²) in [5.41, 5.74) is 1.27. The minimum atomic E-state index is -3.68. The highest BCUT2D eigenvalue weighted by atomic mass is 32.2. The summed E-state index contributed by atoms with van der Waals surface area (Å²) in [5.74, 6) is 1.23. The Kier molecular flexibility index (Phi) is 8.50. The minimum Gasteiger partial charge on any atom is -0.383 e. The van der Waals surface area contributed by atoms with Crippen LogP contribution in [0, 0.1) is 18.8 Å². The molecule has 0 radical (unpaired) electrons. The molecule has 0 saturated carbocycles. The summed E-state index contributed by atoms with van der Waals surface area (Å²) in [5, 5.41) is 0. The predicted molar refractivity (Wildman–Crippen MR) is 122 cm³/mol. The highest BCUT2D eigenvalue weighted by Crippen LogP contribution is 2.24.